The van der Waals surface area contributed by atoms with Crippen LogP contribution in [0, 0.1) is 232 Å². The van der Waals surface area contributed by atoms with E-state index < -0.39 is 85.6 Å². The zero-order valence-corrected chi connectivity index (χ0v) is 72.2. The summed E-state index contributed by atoms with van der Waals surface area (Å²) in [6, 6.07) is 8.46. The van der Waals surface area contributed by atoms with E-state index in [-0.39, 0.29) is 255 Å². The van der Waals surface area contributed by atoms with Gasteiger partial charge in [-0.3, -0.25) is 0 Å². The van der Waals surface area contributed by atoms with Crippen LogP contribution in [0.25, 0.3) is 0 Å². The van der Waals surface area contributed by atoms with E-state index in [9.17, 15) is 46.0 Å². The molecule has 11 N–H and O–H groups in total. The molecule has 2 aromatic rings. The van der Waals surface area contributed by atoms with Crippen molar-refractivity contribution in [3.05, 3.63) is 46.5 Å². The monoisotopic (exact) mass is 2490 g/mol. The Morgan fingerprint density at radius 1 is 0.630 bits per heavy atom. The van der Waals surface area contributed by atoms with Gasteiger partial charge in [-0.15, -0.1) is 0 Å². The third-order valence-corrected chi connectivity index (χ3v) is 17.9. The van der Waals surface area contributed by atoms with E-state index in [2.05, 4.69) is 83.1 Å². The predicted octanol–water partition coefficient (Wildman–Crippen LogP) is -2.37. The average Bonchev–Trinajstić information content (AvgIpc) is 3.88. The summed E-state index contributed by atoms with van der Waals surface area (Å²) in [5.41, 5.74) is 4.50. The number of aliphatic hydroxyl groups is 9. The zero-order chi connectivity index (χ0) is 48.7. The Bertz CT molecular complexity index is 2160. The standard InChI is InChI=1S/C23H31NO8.C17H21NO3.C6H11BrO5.5Ac.I3/c1-24-7-6-23-11-3-5-14(30-22-19(29)18(28)17(27)15(9-25)31-22)21(23)32-20-13(26)4-2-10(16(20)23)8-12(11)24;1-18-7-6-17-10-3-5-13(20)16(17)21-15-12(19)4-2-9(14(15)17)8-11(10)18;7-6-5(11)4(10)3(9)2(1-8)12-6;;;;;;1-3-2/h2,4,11-12,14-15,17-19,21-22,25-29H,3,5-9H2,1H3;2,4,10-11,13,16,19-20H,3,5-8H2,1H3;2-6,8-11H,1H2;;;;;;/q;;;;;;;;-1/t11?,12?,14-,15-,17-,18+,19-,21+,22?,23?;10-,11?,13+,16-,17?;2-,3-,4+,5-,6+;;;;;;/m101....../s1. The second-order valence-electron chi connectivity index (χ2n) is 20.1. The van der Waals surface area contributed by atoms with Crippen molar-refractivity contribution in [3.63, 3.8) is 0 Å². The number of ether oxygens (including phenoxy) is 5. The van der Waals surface area contributed by atoms with Crippen molar-refractivity contribution >= 4 is 53.2 Å². The van der Waals surface area contributed by atoms with E-state index in [0.29, 0.717) is 55.1 Å². The molecule has 10 aliphatic rings. The van der Waals surface area contributed by atoms with Crippen LogP contribution < -0.4 is 22.7 Å². The normalized spacial score (nSPS) is 41.5. The molecule has 5 radical (unpaired) electrons. The van der Waals surface area contributed by atoms with E-state index in [1.165, 1.54) is 16.7 Å². The van der Waals surface area contributed by atoms with Crippen molar-refractivity contribution < 1.29 is 313 Å². The van der Waals surface area contributed by atoms with Crippen LogP contribution in [-0.4, -0.2) is 203 Å². The first kappa shape index (κ1) is 72.4. The molecule has 73 heavy (non-hydrogen) atoms. The van der Waals surface area contributed by atoms with Crippen molar-refractivity contribution in [1.29, 1.82) is 0 Å². The van der Waals surface area contributed by atoms with E-state index >= 15 is 0 Å². The summed E-state index contributed by atoms with van der Waals surface area (Å²) in [4.78, 5) is 4.91. The molecule has 20 atom stereocenters. The zero-order valence-electron chi connectivity index (χ0n) is 40.4. The minimum Gasteiger partial charge on any atom is -0.394 e. The number of rotatable bonds is 4. The quantitative estimate of drug-likeness (QED) is 0.113. The molecule has 0 aromatic heterocycles. The Hall–Kier alpha value is 6.96. The molecular formula is C46H63Ac5BrI3N2O16-. The second-order valence-corrected chi connectivity index (χ2v) is 37.2. The van der Waals surface area contributed by atoms with Gasteiger partial charge in [0.2, 0.25) is 0 Å². The summed E-state index contributed by atoms with van der Waals surface area (Å²) in [7, 11) is 4.39. The first-order chi connectivity index (χ1) is 32.5. The number of likely N-dealkylation sites (tertiary alicyclic amines) is 2. The fourth-order valence-electron chi connectivity index (χ4n) is 13.9. The third kappa shape index (κ3) is 13.4. The molecule has 6 fully saturated rings. The number of hydrogen-bond donors (Lipinski definition) is 11. The summed E-state index contributed by atoms with van der Waals surface area (Å²) in [5, 5.41) is 107. The van der Waals surface area contributed by atoms with Crippen LogP contribution in [0.1, 0.15) is 60.8 Å². The summed E-state index contributed by atoms with van der Waals surface area (Å²) in [6.07, 6.45) is -5.20. The molecule has 6 unspecified atom stereocenters. The van der Waals surface area contributed by atoms with Crippen LogP contribution >= 0.6 is 53.2 Å². The number of phenolic OH excluding ortho intramolecular Hbond substituents is 2. The number of nitrogens with zero attached hydrogens (tertiary/aromatic N) is 2. The molecule has 397 valence electrons. The fourth-order valence-corrected chi connectivity index (χ4v) is 14.5. The molecule has 4 bridgehead atoms. The van der Waals surface area contributed by atoms with Crippen molar-refractivity contribution in [2.45, 2.75) is 159 Å². The number of likely N-dealkylation sites (N-methyl/N-ethyl adjacent to an activating group) is 2. The van der Waals surface area contributed by atoms with Gasteiger partial charge in [-0.25, -0.2) is 0 Å². The Labute approximate surface area is 643 Å². The van der Waals surface area contributed by atoms with Crippen LogP contribution in [-0.2, 0) is 37.9 Å². The number of alkyl halides is 1. The van der Waals surface area contributed by atoms with E-state index in [1.54, 1.807) is 12.1 Å². The Morgan fingerprint density at radius 2 is 1.07 bits per heavy atom. The molecule has 18 nitrogen and oxygen atoms in total. The van der Waals surface area contributed by atoms with Gasteiger partial charge >= 0.3 is 50.5 Å². The first-order valence-corrected chi connectivity index (χ1v) is 36.9. The fraction of sp³-hybridized carbons (Fsp3) is 0.739. The van der Waals surface area contributed by atoms with Gasteiger partial charge < -0.3 is 89.7 Å². The maximum absolute atomic E-state index is 10.6. The maximum atomic E-state index is 10.6. The topological polar surface area (TPSA) is 275 Å². The summed E-state index contributed by atoms with van der Waals surface area (Å²) >= 11 is 8.25. The van der Waals surface area contributed by atoms with Crippen molar-refractivity contribution in [2.75, 3.05) is 40.4 Å². The minimum absolute atomic E-state index is 0. The Kier molecular flexibility index (Phi) is 30.5. The van der Waals surface area contributed by atoms with Gasteiger partial charge in [0.05, 0.1) is 25.4 Å². The number of benzene rings is 2. The molecule has 12 rings (SSSR count). The molecule has 2 aromatic carbocycles. The predicted molar refractivity (Wildman–Crippen MR) is 259 cm³/mol. The van der Waals surface area contributed by atoms with Crippen molar-refractivity contribution in [1.82, 2.24) is 9.80 Å². The molecule has 27 heteroatoms. The van der Waals surface area contributed by atoms with Crippen LogP contribution in [0.4, 0.5) is 0 Å². The largest absolute Gasteiger partial charge is 0.394 e. The Morgan fingerprint density at radius 3 is 1.56 bits per heavy atom. The summed E-state index contributed by atoms with van der Waals surface area (Å²) < 4.78 is 29.4. The van der Waals surface area contributed by atoms with E-state index in [4.69, 9.17) is 33.9 Å². The smallest absolute Gasteiger partial charge is 0.141 e. The number of hydrogen-bond acceptors (Lipinski definition) is 18. The SMILES string of the molecule is CN1CCC23c4c5ccc(O)c4O[C@H]2[C@H](O)CC[C@H]3C1C5.CN1CCC23c4c5ccc(O)c4O[C@H]2[C@H](OC2O[C@H](CO)[C@@H](O)[C@H](O)[C@H]2O)CCC3C1C5.I[I-]I.OC[C@H]1O[C@H](Br)[C@H](O)[C@@H](O)[C@@H]1O.[Ac].[Ac].[Ac].[Ac].[Ac]. The number of halogens is 4. The molecule has 2 spiro atoms. The van der Waals surface area contributed by atoms with Crippen LogP contribution in [0.3, 0.4) is 0 Å². The van der Waals surface area contributed by atoms with Gasteiger partial charge in [0.25, 0.3) is 0 Å². The molecule has 2 saturated carbocycles. The van der Waals surface area contributed by atoms with Crippen LogP contribution in [0.2, 0.25) is 0 Å². The third-order valence-electron chi connectivity index (χ3n) is 17.1. The van der Waals surface area contributed by atoms with Crippen molar-refractivity contribution in [3.8, 4) is 23.0 Å². The average molecular weight is 2500 g/mol. The Balaban J connectivity index is 0.000000244. The van der Waals surface area contributed by atoms with Gasteiger partial charge in [-0.2, -0.15) is 0 Å². The molecule has 4 saturated heterocycles. The van der Waals surface area contributed by atoms with E-state index in [0.717, 1.165) is 63.6 Å². The molecule has 6 aliphatic heterocycles. The minimum atomic E-state index is -1.49. The number of piperidine rings is 2. The van der Waals surface area contributed by atoms with Gasteiger partial charge in [-0.05, 0) is 114 Å². The second kappa shape index (κ2) is 30.7. The maximum Gasteiger partial charge on any atom is 0.141 e. The summed E-state index contributed by atoms with van der Waals surface area (Å²) in [5.74, 6) is 2.49. The van der Waals surface area contributed by atoms with Crippen molar-refractivity contribution in [2.24, 2.45) is 11.8 Å². The molecule has 4 aliphatic carbocycles. The van der Waals surface area contributed by atoms with Gasteiger partial charge in [-0.1, -0.05) is 28.1 Å². The molecular weight excluding hydrogens is 2430 g/mol. The summed E-state index contributed by atoms with van der Waals surface area (Å²) in [6.45, 7) is 1.07. The van der Waals surface area contributed by atoms with Crippen LogP contribution in [0.15, 0.2) is 24.3 Å². The number of aromatic hydroxyl groups is 2. The number of phenols is 2. The van der Waals surface area contributed by atoms with Gasteiger partial charge in [0, 0.05) is 254 Å². The van der Waals surface area contributed by atoms with Gasteiger partial charge in [0.15, 0.2) is 29.3 Å². The van der Waals surface area contributed by atoms with E-state index in [1.807, 2.05) is 6.07 Å². The molecule has 0 amide bonds. The molecule has 6 heterocycles. The number of aliphatic hydroxyl groups excluding tert-OH is 9. The first-order valence-electron chi connectivity index (χ1n) is 23.4. The van der Waals surface area contributed by atoms with Gasteiger partial charge in [0.1, 0.15) is 66.1 Å². The van der Waals surface area contributed by atoms with Crippen LogP contribution in [0.5, 0.6) is 23.0 Å².